The van der Waals surface area contributed by atoms with E-state index >= 15 is 0 Å². The van der Waals surface area contributed by atoms with Crippen molar-refractivity contribution >= 4 is 0 Å². The van der Waals surface area contributed by atoms with E-state index in [9.17, 15) is 18.0 Å². The van der Waals surface area contributed by atoms with E-state index in [1.807, 2.05) is 0 Å². The van der Waals surface area contributed by atoms with Crippen molar-refractivity contribution in [3.8, 4) is 12.3 Å². The van der Waals surface area contributed by atoms with Crippen LogP contribution in [-0.2, 0) is 12.7 Å². The maximum Gasteiger partial charge on any atom is 0.416 e. The third kappa shape index (κ3) is 2.16. The molecular formula is C9H6F3NO. The molecule has 0 radical (unpaired) electrons. The number of alkyl halides is 3. The molecule has 0 N–H and O–H groups in total. The Bertz CT molecular complexity index is 425. The van der Waals surface area contributed by atoms with Crippen LogP contribution in [0.2, 0.25) is 0 Å². The largest absolute Gasteiger partial charge is 0.416 e. The number of rotatable bonds is 1. The predicted molar refractivity (Wildman–Crippen MR) is 44.5 cm³/mol. The van der Waals surface area contributed by atoms with E-state index in [1.165, 1.54) is 0 Å². The van der Waals surface area contributed by atoms with Crippen molar-refractivity contribution in [1.82, 2.24) is 4.57 Å². The van der Waals surface area contributed by atoms with E-state index in [2.05, 4.69) is 5.92 Å². The second-order valence-corrected chi connectivity index (χ2v) is 2.58. The number of hydrogen-bond acceptors (Lipinski definition) is 1. The topological polar surface area (TPSA) is 22.0 Å². The summed E-state index contributed by atoms with van der Waals surface area (Å²) in [6.07, 6.45) is 1.46. The van der Waals surface area contributed by atoms with Gasteiger partial charge in [-0.2, -0.15) is 13.2 Å². The average molecular weight is 201 g/mol. The molecule has 1 aromatic rings. The fourth-order valence-corrected chi connectivity index (χ4v) is 0.913. The number of terminal acetylenes is 1. The Morgan fingerprint density at radius 1 is 1.50 bits per heavy atom. The predicted octanol–water partition coefficient (Wildman–Crippen LogP) is 1.50. The molecule has 0 aliphatic rings. The van der Waals surface area contributed by atoms with Gasteiger partial charge in [0.2, 0.25) is 0 Å². The molecule has 14 heavy (non-hydrogen) atoms. The van der Waals surface area contributed by atoms with Gasteiger partial charge in [-0.25, -0.2) is 0 Å². The first-order chi connectivity index (χ1) is 6.45. The average Bonchev–Trinajstić information content (AvgIpc) is 2.07. The monoisotopic (exact) mass is 201 g/mol. The normalized spacial score (nSPS) is 11.0. The lowest BCUT2D eigenvalue weighted by molar-refractivity contribution is -0.137. The van der Waals surface area contributed by atoms with Crippen molar-refractivity contribution in [3.05, 3.63) is 34.2 Å². The molecule has 0 atom stereocenters. The molecule has 0 aromatic carbocycles. The maximum absolute atomic E-state index is 12.1. The lowest BCUT2D eigenvalue weighted by atomic mass is 10.2. The second-order valence-electron chi connectivity index (χ2n) is 2.58. The van der Waals surface area contributed by atoms with Gasteiger partial charge in [0.15, 0.2) is 0 Å². The number of nitrogens with zero attached hydrogens (tertiary/aromatic N) is 1. The molecule has 0 amide bonds. The Labute approximate surface area is 78.0 Å². The van der Waals surface area contributed by atoms with Crippen LogP contribution in [-0.4, -0.2) is 4.57 Å². The molecule has 1 heterocycles. The summed E-state index contributed by atoms with van der Waals surface area (Å²) in [7, 11) is 0. The number of pyridine rings is 1. The molecule has 0 aliphatic heterocycles. The molecule has 0 bridgehead atoms. The molecule has 1 rings (SSSR count). The van der Waals surface area contributed by atoms with Crippen molar-refractivity contribution in [2.24, 2.45) is 0 Å². The van der Waals surface area contributed by atoms with Gasteiger partial charge in [0.05, 0.1) is 12.1 Å². The van der Waals surface area contributed by atoms with E-state index in [0.717, 1.165) is 16.8 Å². The first-order valence-electron chi connectivity index (χ1n) is 3.66. The highest BCUT2D eigenvalue weighted by Crippen LogP contribution is 2.27. The maximum atomic E-state index is 12.1. The van der Waals surface area contributed by atoms with Crippen molar-refractivity contribution in [3.63, 3.8) is 0 Å². The highest BCUT2D eigenvalue weighted by Gasteiger charge is 2.30. The van der Waals surface area contributed by atoms with Crippen LogP contribution in [0, 0.1) is 12.3 Å². The van der Waals surface area contributed by atoms with E-state index in [1.54, 1.807) is 0 Å². The van der Waals surface area contributed by atoms with Crippen LogP contribution < -0.4 is 5.56 Å². The van der Waals surface area contributed by atoms with Crippen molar-refractivity contribution in [2.45, 2.75) is 12.7 Å². The Hall–Kier alpha value is -1.70. The highest BCUT2D eigenvalue weighted by molar-refractivity contribution is 5.15. The first kappa shape index (κ1) is 10.4. The van der Waals surface area contributed by atoms with E-state index in [0.29, 0.717) is 6.07 Å². The molecule has 5 heteroatoms. The SMILES string of the molecule is C#CCn1ccc(C(F)(F)F)cc1=O. The van der Waals surface area contributed by atoms with E-state index in [4.69, 9.17) is 6.42 Å². The van der Waals surface area contributed by atoms with Gasteiger partial charge in [0, 0.05) is 12.3 Å². The Balaban J connectivity index is 3.15. The van der Waals surface area contributed by atoms with Gasteiger partial charge in [-0.3, -0.25) is 4.79 Å². The summed E-state index contributed by atoms with van der Waals surface area (Å²) < 4.78 is 37.3. The molecule has 0 unspecified atom stereocenters. The van der Waals surface area contributed by atoms with Crippen LogP contribution in [0.5, 0.6) is 0 Å². The highest BCUT2D eigenvalue weighted by atomic mass is 19.4. The Morgan fingerprint density at radius 2 is 2.14 bits per heavy atom. The summed E-state index contributed by atoms with van der Waals surface area (Å²) in [5, 5.41) is 0. The second kappa shape index (κ2) is 3.58. The van der Waals surface area contributed by atoms with Gasteiger partial charge in [0.1, 0.15) is 0 Å². The first-order valence-corrected chi connectivity index (χ1v) is 3.66. The number of halogens is 3. The van der Waals surface area contributed by atoms with Crippen LogP contribution in [0.15, 0.2) is 23.1 Å². The summed E-state index contributed by atoms with van der Waals surface area (Å²) >= 11 is 0. The summed E-state index contributed by atoms with van der Waals surface area (Å²) in [6, 6.07) is 1.34. The van der Waals surface area contributed by atoms with E-state index < -0.39 is 17.3 Å². The lowest BCUT2D eigenvalue weighted by Crippen LogP contribution is -2.20. The summed E-state index contributed by atoms with van der Waals surface area (Å²) in [5.74, 6) is 2.16. The molecule has 0 aliphatic carbocycles. The third-order valence-corrected chi connectivity index (χ3v) is 1.59. The van der Waals surface area contributed by atoms with Gasteiger partial charge in [-0.15, -0.1) is 6.42 Å². The van der Waals surface area contributed by atoms with Gasteiger partial charge in [-0.1, -0.05) is 5.92 Å². The van der Waals surface area contributed by atoms with Gasteiger partial charge in [0.25, 0.3) is 5.56 Å². The molecule has 1 aromatic heterocycles. The zero-order chi connectivity index (χ0) is 10.8. The number of aromatic nitrogens is 1. The van der Waals surface area contributed by atoms with E-state index in [-0.39, 0.29) is 6.54 Å². The fourth-order valence-electron chi connectivity index (χ4n) is 0.913. The minimum Gasteiger partial charge on any atom is -0.304 e. The molecule has 74 valence electrons. The minimum atomic E-state index is -4.49. The minimum absolute atomic E-state index is 0.0308. The van der Waals surface area contributed by atoms with Crippen LogP contribution in [0.3, 0.4) is 0 Å². The molecule has 0 saturated heterocycles. The summed E-state index contributed by atoms with van der Waals surface area (Å²) in [4.78, 5) is 11.0. The van der Waals surface area contributed by atoms with Gasteiger partial charge >= 0.3 is 6.18 Å². The number of hydrogen-bond donors (Lipinski definition) is 0. The molecular weight excluding hydrogens is 195 g/mol. The molecule has 0 fully saturated rings. The van der Waals surface area contributed by atoms with Crippen LogP contribution in [0.25, 0.3) is 0 Å². The zero-order valence-corrected chi connectivity index (χ0v) is 7.01. The van der Waals surface area contributed by atoms with Gasteiger partial charge < -0.3 is 4.57 Å². The smallest absolute Gasteiger partial charge is 0.304 e. The van der Waals surface area contributed by atoms with Crippen LogP contribution in [0.4, 0.5) is 13.2 Å². The molecule has 0 saturated carbocycles. The summed E-state index contributed by atoms with van der Waals surface area (Å²) in [5.41, 5.74) is -1.71. The zero-order valence-electron chi connectivity index (χ0n) is 7.01. The standard InChI is InChI=1S/C9H6F3NO/c1-2-4-13-5-3-7(6-8(13)14)9(10,11)12/h1,3,5-6H,4H2. The Morgan fingerprint density at radius 3 is 2.57 bits per heavy atom. The van der Waals surface area contributed by atoms with Crippen LogP contribution in [0.1, 0.15) is 5.56 Å². The lowest BCUT2D eigenvalue weighted by Gasteiger charge is -2.06. The third-order valence-electron chi connectivity index (χ3n) is 1.59. The quantitative estimate of drug-likeness (QED) is 0.631. The van der Waals surface area contributed by atoms with Crippen molar-refractivity contribution < 1.29 is 13.2 Å². The Kier molecular flexibility index (Phi) is 2.65. The summed E-state index contributed by atoms with van der Waals surface area (Å²) in [6.45, 7) is -0.0308. The van der Waals surface area contributed by atoms with Crippen molar-refractivity contribution in [1.29, 1.82) is 0 Å². The molecule has 0 spiro atoms. The van der Waals surface area contributed by atoms with Crippen molar-refractivity contribution in [2.75, 3.05) is 0 Å². The fraction of sp³-hybridized carbons (Fsp3) is 0.222. The van der Waals surface area contributed by atoms with Gasteiger partial charge in [-0.05, 0) is 6.07 Å². The van der Waals surface area contributed by atoms with Crippen LogP contribution >= 0.6 is 0 Å². The molecule has 2 nitrogen and oxygen atoms in total.